The highest BCUT2D eigenvalue weighted by Gasteiger charge is 2.34. The molecule has 0 fully saturated rings. The first-order valence-electron chi connectivity index (χ1n) is 9.85. The van der Waals surface area contributed by atoms with E-state index in [9.17, 15) is 13.9 Å². The van der Waals surface area contributed by atoms with E-state index in [1.54, 1.807) is 7.11 Å². The number of likely N-dealkylation sites (N-methyl/N-ethyl adjacent to an activating group) is 1. The van der Waals surface area contributed by atoms with Crippen LogP contribution in [-0.4, -0.2) is 58.6 Å². The highest BCUT2D eigenvalue weighted by Crippen LogP contribution is 2.27. The average molecular weight is 432 g/mol. The summed E-state index contributed by atoms with van der Waals surface area (Å²) in [6, 6.07) is 10.5. The van der Waals surface area contributed by atoms with E-state index in [1.165, 1.54) is 23.4 Å². The zero-order valence-electron chi connectivity index (χ0n) is 17.5. The summed E-state index contributed by atoms with van der Waals surface area (Å²) in [6.07, 6.45) is 3.46. The van der Waals surface area contributed by atoms with Crippen LogP contribution in [0.3, 0.4) is 0 Å². The molecule has 0 saturated carbocycles. The monoisotopic (exact) mass is 432 g/mol. The Morgan fingerprint density at radius 2 is 1.87 bits per heavy atom. The summed E-state index contributed by atoms with van der Waals surface area (Å²) in [7, 11) is 3.43. The van der Waals surface area contributed by atoms with Gasteiger partial charge < -0.3 is 19.5 Å². The largest absolute Gasteiger partial charge is 0.497 e. The second-order valence-electron chi connectivity index (χ2n) is 7.36. The number of aromatic nitrogens is 3. The summed E-state index contributed by atoms with van der Waals surface area (Å²) in [5.74, 6) is -0.0152. The number of nitrogens with zero attached hydrogens (tertiary/aromatic N) is 4. The van der Waals surface area contributed by atoms with E-state index in [1.807, 2.05) is 36.2 Å². The first-order valence-corrected chi connectivity index (χ1v) is 9.85. The van der Waals surface area contributed by atoms with Crippen LogP contribution in [-0.2, 0) is 12.1 Å². The predicted octanol–water partition coefficient (Wildman–Crippen LogP) is 2.85. The smallest absolute Gasteiger partial charge is 0.137 e. The van der Waals surface area contributed by atoms with E-state index in [4.69, 9.17) is 9.47 Å². The summed E-state index contributed by atoms with van der Waals surface area (Å²) in [5.41, 5.74) is -1.62. The molecule has 0 radical (unpaired) electrons. The lowest BCUT2D eigenvalue weighted by Crippen LogP contribution is -2.43. The fraction of sp³-hybridized carbons (Fsp3) is 0.364. The van der Waals surface area contributed by atoms with Crippen LogP contribution in [0.4, 0.5) is 8.78 Å². The van der Waals surface area contributed by atoms with Crippen molar-refractivity contribution in [3.8, 4) is 11.5 Å². The van der Waals surface area contributed by atoms with Crippen molar-refractivity contribution in [1.82, 2.24) is 19.7 Å². The van der Waals surface area contributed by atoms with Gasteiger partial charge in [0.15, 0.2) is 0 Å². The van der Waals surface area contributed by atoms with Crippen molar-refractivity contribution in [2.24, 2.45) is 0 Å². The Morgan fingerprint density at radius 3 is 2.52 bits per heavy atom. The van der Waals surface area contributed by atoms with E-state index in [0.717, 1.165) is 23.6 Å². The van der Waals surface area contributed by atoms with Gasteiger partial charge >= 0.3 is 0 Å². The molecule has 3 aromatic rings. The van der Waals surface area contributed by atoms with Gasteiger partial charge in [-0.25, -0.2) is 18.4 Å². The Kier molecular flexibility index (Phi) is 7.54. The summed E-state index contributed by atoms with van der Waals surface area (Å²) >= 11 is 0. The van der Waals surface area contributed by atoms with Crippen LogP contribution >= 0.6 is 0 Å². The number of benzene rings is 2. The van der Waals surface area contributed by atoms with E-state index in [2.05, 4.69) is 10.1 Å². The number of methoxy groups -OCH3 is 1. The highest BCUT2D eigenvalue weighted by atomic mass is 19.1. The Hall–Kier alpha value is -3.04. The Labute approximate surface area is 179 Å². The second kappa shape index (κ2) is 10.3. The van der Waals surface area contributed by atoms with Crippen LogP contribution in [0, 0.1) is 11.6 Å². The van der Waals surface area contributed by atoms with Crippen LogP contribution in [0.1, 0.15) is 12.0 Å². The molecule has 0 amide bonds. The van der Waals surface area contributed by atoms with Crippen LogP contribution in [0.15, 0.2) is 55.1 Å². The van der Waals surface area contributed by atoms with Gasteiger partial charge in [-0.05, 0) is 43.8 Å². The van der Waals surface area contributed by atoms with Crippen LogP contribution in [0.25, 0.3) is 0 Å². The maximum Gasteiger partial charge on any atom is 0.137 e. The van der Waals surface area contributed by atoms with Crippen molar-refractivity contribution >= 4 is 0 Å². The molecule has 2 aromatic carbocycles. The third kappa shape index (κ3) is 6.22. The number of ether oxygens (including phenoxy) is 2. The van der Waals surface area contributed by atoms with Crippen molar-refractivity contribution in [3.05, 3.63) is 72.3 Å². The third-order valence-corrected chi connectivity index (χ3v) is 4.87. The van der Waals surface area contributed by atoms with E-state index < -0.39 is 17.2 Å². The summed E-state index contributed by atoms with van der Waals surface area (Å²) in [6.45, 7) is 1.15. The lowest BCUT2D eigenvalue weighted by molar-refractivity contribution is -0.0165. The molecule has 3 rings (SSSR count). The Balaban J connectivity index is 1.60. The minimum Gasteiger partial charge on any atom is -0.497 e. The van der Waals surface area contributed by atoms with Gasteiger partial charge in [0.25, 0.3) is 0 Å². The van der Waals surface area contributed by atoms with Crippen molar-refractivity contribution in [3.63, 3.8) is 0 Å². The molecule has 0 spiro atoms. The standard InChI is InChI=1S/C22H26F2N4O3/c1-27(10-3-11-31-19-7-5-18(30-2)6-8-19)13-22(29,14-28-16-25-15-26-28)20-9-4-17(23)12-21(20)24/h4-9,12,15-16,29H,3,10-11,13-14H2,1-2H3. The first-order chi connectivity index (χ1) is 14.9. The molecule has 1 unspecified atom stereocenters. The maximum atomic E-state index is 14.5. The summed E-state index contributed by atoms with van der Waals surface area (Å²) < 4.78 is 40.1. The molecule has 0 aliphatic carbocycles. The van der Waals surface area contributed by atoms with Gasteiger partial charge in [-0.15, -0.1) is 0 Å². The topological polar surface area (TPSA) is 72.6 Å². The molecule has 1 heterocycles. The van der Waals surface area contributed by atoms with Crippen LogP contribution in [0.2, 0.25) is 0 Å². The minimum atomic E-state index is -1.63. The fourth-order valence-electron chi connectivity index (χ4n) is 3.39. The van der Waals surface area contributed by atoms with Crippen LogP contribution in [0.5, 0.6) is 11.5 Å². The maximum absolute atomic E-state index is 14.5. The molecule has 0 aliphatic heterocycles. The molecule has 1 aromatic heterocycles. The quantitative estimate of drug-likeness (QED) is 0.470. The fourth-order valence-corrected chi connectivity index (χ4v) is 3.39. The van der Waals surface area contributed by atoms with E-state index >= 15 is 0 Å². The molecular weight excluding hydrogens is 406 g/mol. The highest BCUT2D eigenvalue weighted by molar-refractivity contribution is 5.31. The minimum absolute atomic E-state index is 0.00531. The Morgan fingerprint density at radius 1 is 1.13 bits per heavy atom. The molecule has 7 nitrogen and oxygen atoms in total. The predicted molar refractivity (Wildman–Crippen MR) is 111 cm³/mol. The molecule has 0 saturated heterocycles. The van der Waals surface area contributed by atoms with Crippen molar-refractivity contribution in [2.75, 3.05) is 33.9 Å². The Bertz CT molecular complexity index is 954. The number of aliphatic hydroxyl groups is 1. The molecule has 1 atom stereocenters. The van der Waals surface area contributed by atoms with Gasteiger partial charge in [-0.1, -0.05) is 6.07 Å². The van der Waals surface area contributed by atoms with Crippen molar-refractivity contribution in [2.45, 2.75) is 18.6 Å². The molecular formula is C22H26F2N4O3. The van der Waals surface area contributed by atoms with Gasteiger partial charge in [0.2, 0.25) is 0 Å². The van der Waals surface area contributed by atoms with Gasteiger partial charge in [0.1, 0.15) is 41.4 Å². The zero-order valence-corrected chi connectivity index (χ0v) is 17.5. The lowest BCUT2D eigenvalue weighted by Gasteiger charge is -2.33. The zero-order chi connectivity index (χ0) is 22.3. The molecule has 9 heteroatoms. The summed E-state index contributed by atoms with van der Waals surface area (Å²) in [5, 5.41) is 15.3. The third-order valence-electron chi connectivity index (χ3n) is 4.87. The average Bonchev–Trinajstić information content (AvgIpc) is 3.24. The number of hydrogen-bond donors (Lipinski definition) is 1. The number of hydrogen-bond acceptors (Lipinski definition) is 6. The molecule has 0 aliphatic rings. The molecule has 0 bridgehead atoms. The normalized spacial score (nSPS) is 13.2. The van der Waals surface area contributed by atoms with Gasteiger partial charge in [-0.3, -0.25) is 0 Å². The molecule has 166 valence electrons. The second-order valence-corrected chi connectivity index (χ2v) is 7.36. The first kappa shape index (κ1) is 22.6. The van der Waals surface area contributed by atoms with Gasteiger partial charge in [0.05, 0.1) is 20.3 Å². The number of rotatable bonds is 11. The SMILES string of the molecule is COc1ccc(OCCCN(C)CC(O)(Cn2cncn2)c2ccc(F)cc2F)cc1. The van der Waals surface area contributed by atoms with Gasteiger partial charge in [0, 0.05) is 24.7 Å². The van der Waals surface area contributed by atoms with Crippen molar-refractivity contribution < 1.29 is 23.4 Å². The van der Waals surface area contributed by atoms with E-state index in [0.29, 0.717) is 19.6 Å². The van der Waals surface area contributed by atoms with Gasteiger partial charge in [-0.2, -0.15) is 5.10 Å². The van der Waals surface area contributed by atoms with E-state index in [-0.39, 0.29) is 18.7 Å². The molecule has 1 N–H and O–H groups in total. The van der Waals surface area contributed by atoms with Crippen molar-refractivity contribution in [1.29, 1.82) is 0 Å². The van der Waals surface area contributed by atoms with Crippen LogP contribution < -0.4 is 9.47 Å². The lowest BCUT2D eigenvalue weighted by atomic mass is 9.92. The number of halogens is 2. The summed E-state index contributed by atoms with van der Waals surface area (Å²) in [4.78, 5) is 5.74. The molecule has 31 heavy (non-hydrogen) atoms.